The molecule has 0 atom stereocenters. The minimum absolute atomic E-state index is 0.163. The Hall–Kier alpha value is -1.40. The summed E-state index contributed by atoms with van der Waals surface area (Å²) in [4.78, 5) is 12.8. The third-order valence-corrected chi connectivity index (χ3v) is 4.32. The number of nitrogens with zero attached hydrogens (tertiary/aromatic N) is 1. The second-order valence-electron chi connectivity index (χ2n) is 6.44. The summed E-state index contributed by atoms with van der Waals surface area (Å²) < 4.78 is 7.53. The fourth-order valence-electron chi connectivity index (χ4n) is 2.26. The van der Waals surface area contributed by atoms with Crippen molar-refractivity contribution in [1.82, 2.24) is 9.62 Å². The normalized spacial score (nSPS) is 17.2. The van der Waals surface area contributed by atoms with Crippen LogP contribution < -0.4 is 5.32 Å². The molecule has 2 rings (SSSR count). The van der Waals surface area contributed by atoms with E-state index < -0.39 is 5.60 Å². The Morgan fingerprint density at radius 3 is 2.64 bits per heavy atom. The molecular formula is C16H24N2O3S. The SMILES string of the molecule is CC(C)(C)OC(=O)NC1CCN(Sc2cccc(O)c2)CC1. The Balaban J connectivity index is 1.75. The lowest BCUT2D eigenvalue weighted by Crippen LogP contribution is -2.44. The van der Waals surface area contributed by atoms with Gasteiger partial charge in [-0.3, -0.25) is 0 Å². The monoisotopic (exact) mass is 324 g/mol. The maximum Gasteiger partial charge on any atom is 0.407 e. The first-order valence-electron chi connectivity index (χ1n) is 7.53. The standard InChI is InChI=1S/C16H24N2O3S/c1-16(2,3)21-15(20)17-12-7-9-18(10-8-12)22-14-6-4-5-13(19)11-14/h4-6,11-12,19H,7-10H2,1-3H3,(H,17,20). The average molecular weight is 324 g/mol. The van der Waals surface area contributed by atoms with Crippen LogP contribution in [0, 0.1) is 0 Å². The van der Waals surface area contributed by atoms with Crippen LogP contribution in [0.2, 0.25) is 0 Å². The molecule has 122 valence electrons. The number of hydrogen-bond acceptors (Lipinski definition) is 5. The number of carbonyl (C=O) groups is 1. The van der Waals surface area contributed by atoms with Gasteiger partial charge in [0.25, 0.3) is 0 Å². The topological polar surface area (TPSA) is 61.8 Å². The lowest BCUT2D eigenvalue weighted by Gasteiger charge is -2.31. The van der Waals surface area contributed by atoms with E-state index in [0.717, 1.165) is 30.8 Å². The largest absolute Gasteiger partial charge is 0.508 e. The van der Waals surface area contributed by atoms with Crippen LogP contribution in [0.4, 0.5) is 4.79 Å². The Labute approximate surface area is 136 Å². The highest BCUT2D eigenvalue weighted by molar-refractivity contribution is 7.97. The third-order valence-electron chi connectivity index (χ3n) is 3.23. The first-order chi connectivity index (χ1) is 10.3. The Morgan fingerprint density at radius 1 is 1.36 bits per heavy atom. The number of amides is 1. The molecule has 1 heterocycles. The van der Waals surface area contributed by atoms with Crippen LogP contribution in [0.1, 0.15) is 33.6 Å². The molecule has 1 amide bonds. The zero-order valence-electron chi connectivity index (χ0n) is 13.3. The van der Waals surface area contributed by atoms with Gasteiger partial charge in [0.2, 0.25) is 0 Å². The number of rotatable bonds is 3. The molecule has 0 spiro atoms. The van der Waals surface area contributed by atoms with Gasteiger partial charge in [-0.1, -0.05) is 6.07 Å². The summed E-state index contributed by atoms with van der Waals surface area (Å²) in [5.74, 6) is 0.284. The van der Waals surface area contributed by atoms with Gasteiger partial charge in [-0.2, -0.15) is 0 Å². The van der Waals surface area contributed by atoms with Crippen molar-refractivity contribution in [2.24, 2.45) is 0 Å². The highest BCUT2D eigenvalue weighted by Gasteiger charge is 2.24. The highest BCUT2D eigenvalue weighted by atomic mass is 32.2. The van der Waals surface area contributed by atoms with Crippen LogP contribution in [-0.4, -0.2) is 40.2 Å². The van der Waals surface area contributed by atoms with Crippen LogP contribution in [0.25, 0.3) is 0 Å². The summed E-state index contributed by atoms with van der Waals surface area (Å²) in [6, 6.07) is 7.41. The van der Waals surface area contributed by atoms with Gasteiger partial charge in [0, 0.05) is 24.0 Å². The molecule has 6 heteroatoms. The summed E-state index contributed by atoms with van der Waals surface area (Å²) in [6.07, 6.45) is 1.45. The van der Waals surface area contributed by atoms with Gasteiger partial charge in [0.05, 0.1) is 0 Å². The molecule has 22 heavy (non-hydrogen) atoms. The summed E-state index contributed by atoms with van der Waals surface area (Å²) >= 11 is 1.64. The molecule has 0 aliphatic carbocycles. The summed E-state index contributed by atoms with van der Waals surface area (Å²) in [5.41, 5.74) is -0.462. The van der Waals surface area contributed by atoms with E-state index in [9.17, 15) is 9.90 Å². The van der Waals surface area contributed by atoms with Crippen molar-refractivity contribution in [3.63, 3.8) is 0 Å². The maximum atomic E-state index is 11.8. The minimum Gasteiger partial charge on any atom is -0.508 e. The fraction of sp³-hybridized carbons (Fsp3) is 0.562. The van der Waals surface area contributed by atoms with Crippen LogP contribution in [0.5, 0.6) is 5.75 Å². The molecule has 0 saturated carbocycles. The number of ether oxygens (including phenoxy) is 1. The average Bonchev–Trinajstić information content (AvgIpc) is 2.39. The van der Waals surface area contributed by atoms with Crippen molar-refractivity contribution in [3.05, 3.63) is 24.3 Å². The Kier molecular flexibility index (Phi) is 5.58. The number of phenolic OH excluding ortho intramolecular Hbond substituents is 1. The number of nitrogens with one attached hydrogen (secondary N) is 1. The second-order valence-corrected chi connectivity index (χ2v) is 7.61. The van der Waals surface area contributed by atoms with Gasteiger partial charge in [0.1, 0.15) is 11.4 Å². The molecule has 5 nitrogen and oxygen atoms in total. The van der Waals surface area contributed by atoms with E-state index in [1.165, 1.54) is 0 Å². The lowest BCUT2D eigenvalue weighted by atomic mass is 10.1. The van der Waals surface area contributed by atoms with Crippen LogP contribution in [0.15, 0.2) is 29.2 Å². The molecule has 0 unspecified atom stereocenters. The quantitative estimate of drug-likeness (QED) is 0.835. The maximum absolute atomic E-state index is 11.8. The number of phenols is 1. The van der Waals surface area contributed by atoms with Crippen molar-refractivity contribution in [3.8, 4) is 5.75 Å². The first-order valence-corrected chi connectivity index (χ1v) is 8.31. The minimum atomic E-state index is -0.462. The number of aromatic hydroxyl groups is 1. The summed E-state index contributed by atoms with van der Waals surface area (Å²) in [7, 11) is 0. The molecule has 1 aromatic carbocycles. The molecule has 1 aromatic rings. The van der Waals surface area contributed by atoms with E-state index in [0.29, 0.717) is 0 Å². The molecule has 0 bridgehead atoms. The molecule has 1 aliphatic rings. The van der Waals surface area contributed by atoms with Crippen molar-refractivity contribution < 1.29 is 14.6 Å². The number of hydrogen-bond donors (Lipinski definition) is 2. The van der Waals surface area contributed by atoms with Gasteiger partial charge < -0.3 is 15.2 Å². The van der Waals surface area contributed by atoms with Gasteiger partial charge in [-0.15, -0.1) is 0 Å². The van der Waals surface area contributed by atoms with Crippen molar-refractivity contribution in [1.29, 1.82) is 0 Å². The molecule has 0 aromatic heterocycles. The first kappa shape index (κ1) is 17.0. The van der Waals surface area contributed by atoms with E-state index >= 15 is 0 Å². The second kappa shape index (κ2) is 7.24. The van der Waals surface area contributed by atoms with Crippen LogP contribution in [-0.2, 0) is 4.74 Å². The number of alkyl carbamates (subject to hydrolysis) is 1. The smallest absolute Gasteiger partial charge is 0.407 e. The van der Waals surface area contributed by atoms with Gasteiger partial charge in [-0.05, 0) is 63.8 Å². The van der Waals surface area contributed by atoms with E-state index in [1.54, 1.807) is 24.1 Å². The van der Waals surface area contributed by atoms with Gasteiger partial charge >= 0.3 is 6.09 Å². The highest BCUT2D eigenvalue weighted by Crippen LogP contribution is 2.28. The van der Waals surface area contributed by atoms with E-state index in [-0.39, 0.29) is 17.9 Å². The number of piperidine rings is 1. The van der Waals surface area contributed by atoms with Gasteiger partial charge in [0.15, 0.2) is 0 Å². The van der Waals surface area contributed by atoms with Crippen molar-refractivity contribution >= 4 is 18.0 Å². The molecule has 1 aliphatic heterocycles. The van der Waals surface area contributed by atoms with E-state index in [1.807, 2.05) is 32.9 Å². The Bertz CT molecular complexity index is 508. The predicted molar refractivity (Wildman–Crippen MR) is 87.9 cm³/mol. The zero-order chi connectivity index (χ0) is 16.2. The molecule has 1 fully saturated rings. The van der Waals surface area contributed by atoms with Crippen molar-refractivity contribution in [2.45, 2.75) is 50.2 Å². The van der Waals surface area contributed by atoms with E-state index in [2.05, 4.69) is 9.62 Å². The number of benzene rings is 1. The van der Waals surface area contributed by atoms with Crippen LogP contribution in [0.3, 0.4) is 0 Å². The molecule has 2 N–H and O–H groups in total. The molecular weight excluding hydrogens is 300 g/mol. The van der Waals surface area contributed by atoms with E-state index in [4.69, 9.17) is 4.74 Å². The Morgan fingerprint density at radius 2 is 2.05 bits per heavy atom. The van der Waals surface area contributed by atoms with Crippen molar-refractivity contribution in [2.75, 3.05) is 13.1 Å². The van der Waals surface area contributed by atoms with Gasteiger partial charge in [-0.25, -0.2) is 9.10 Å². The number of carbonyl (C=O) groups excluding carboxylic acids is 1. The molecule has 1 saturated heterocycles. The zero-order valence-corrected chi connectivity index (χ0v) is 14.2. The summed E-state index contributed by atoms with van der Waals surface area (Å²) in [6.45, 7) is 7.37. The van der Waals surface area contributed by atoms with Crippen LogP contribution >= 0.6 is 11.9 Å². The third kappa shape index (κ3) is 5.77. The fourth-order valence-corrected chi connectivity index (χ4v) is 3.26. The summed E-state index contributed by atoms with van der Waals surface area (Å²) in [5, 5.41) is 12.4. The molecule has 0 radical (unpaired) electrons. The lowest BCUT2D eigenvalue weighted by molar-refractivity contribution is 0.0490. The predicted octanol–water partition coefficient (Wildman–Crippen LogP) is 3.39.